The third kappa shape index (κ3) is 3.35. The van der Waals surface area contributed by atoms with E-state index in [0.717, 1.165) is 0 Å². The molecule has 0 amide bonds. The Bertz CT molecular complexity index is 856. The summed E-state index contributed by atoms with van der Waals surface area (Å²) in [6.45, 7) is 3.73. The normalized spacial score (nSPS) is 25.4. The third-order valence-corrected chi connectivity index (χ3v) is 4.08. The number of hydrogen-bond acceptors (Lipinski definition) is 9. The highest BCUT2D eigenvalue weighted by Gasteiger charge is 2.50. The number of esters is 2. The van der Waals surface area contributed by atoms with Crippen LogP contribution in [0.4, 0.5) is 0 Å². The van der Waals surface area contributed by atoms with Gasteiger partial charge in [0.1, 0.15) is 11.6 Å². The van der Waals surface area contributed by atoms with Crippen molar-refractivity contribution in [2.75, 3.05) is 6.61 Å². The fourth-order valence-corrected chi connectivity index (χ4v) is 3.15. The summed E-state index contributed by atoms with van der Waals surface area (Å²) >= 11 is 5.93. The van der Waals surface area contributed by atoms with Gasteiger partial charge in [0, 0.05) is 13.8 Å². The molecule has 0 aromatic carbocycles. The molecule has 140 valence electrons. The first-order valence-corrected chi connectivity index (χ1v) is 8.17. The number of imidazole rings is 1. The van der Waals surface area contributed by atoms with Gasteiger partial charge in [0.25, 0.3) is 0 Å². The number of rotatable bonds is 4. The average Bonchev–Trinajstić information content (AvgIpc) is 3.09. The first kappa shape index (κ1) is 18.5. The smallest absolute Gasteiger partial charge is 0.303 e. The van der Waals surface area contributed by atoms with Crippen LogP contribution in [0.1, 0.15) is 25.8 Å². The van der Waals surface area contributed by atoms with E-state index in [1.165, 1.54) is 24.7 Å². The number of hydrogen-bond donors (Lipinski definition) is 1. The van der Waals surface area contributed by atoms with Gasteiger partial charge in [-0.1, -0.05) is 0 Å². The summed E-state index contributed by atoms with van der Waals surface area (Å²) in [6, 6.07) is 0. The Morgan fingerprint density at radius 2 is 1.92 bits per heavy atom. The molecule has 26 heavy (non-hydrogen) atoms. The van der Waals surface area contributed by atoms with E-state index in [4.69, 9.17) is 25.8 Å². The summed E-state index contributed by atoms with van der Waals surface area (Å²) < 4.78 is 17.8. The standard InChI is InChI=1S/C15H17ClN4O6/c1-6-10-13(19-15(16)18-6)20(5-17-10)14-12(25-8(3)23)11(24-7(2)22)9(4-21)26-14/h5,9,11-12,14,21H,4H2,1-3H3/t9-,11?,12?,14?/m1/s1. The van der Waals surface area contributed by atoms with Gasteiger partial charge in [-0.05, 0) is 18.5 Å². The molecule has 1 aliphatic heterocycles. The Labute approximate surface area is 153 Å². The molecule has 0 saturated carbocycles. The molecular formula is C15H17ClN4O6. The number of aliphatic hydroxyl groups is 1. The topological polar surface area (TPSA) is 126 Å². The maximum absolute atomic E-state index is 11.6. The SMILES string of the molecule is CC(=O)OC1C(OC(C)=O)[C@@H](CO)OC1n1cnc2c(C)nc(Cl)nc21. The minimum absolute atomic E-state index is 0.0222. The summed E-state index contributed by atoms with van der Waals surface area (Å²) in [7, 11) is 0. The zero-order valence-electron chi connectivity index (χ0n) is 14.2. The van der Waals surface area contributed by atoms with E-state index in [1.807, 2.05) is 0 Å². The quantitative estimate of drug-likeness (QED) is 0.593. The minimum Gasteiger partial charge on any atom is -0.456 e. The molecule has 3 rings (SSSR count). The molecule has 4 atom stereocenters. The van der Waals surface area contributed by atoms with Crippen LogP contribution in [0.3, 0.4) is 0 Å². The highest BCUT2D eigenvalue weighted by atomic mass is 35.5. The molecule has 3 unspecified atom stereocenters. The van der Waals surface area contributed by atoms with Crippen molar-refractivity contribution in [3.8, 4) is 0 Å². The van der Waals surface area contributed by atoms with E-state index in [1.54, 1.807) is 6.92 Å². The molecule has 1 fully saturated rings. The molecular weight excluding hydrogens is 368 g/mol. The lowest BCUT2D eigenvalue weighted by molar-refractivity contribution is -0.165. The van der Waals surface area contributed by atoms with Crippen molar-refractivity contribution < 1.29 is 28.9 Å². The monoisotopic (exact) mass is 384 g/mol. The van der Waals surface area contributed by atoms with Gasteiger partial charge < -0.3 is 19.3 Å². The van der Waals surface area contributed by atoms with Crippen LogP contribution in [-0.2, 0) is 23.8 Å². The van der Waals surface area contributed by atoms with Crippen molar-refractivity contribution in [1.82, 2.24) is 19.5 Å². The van der Waals surface area contributed by atoms with Crippen LogP contribution >= 0.6 is 11.6 Å². The zero-order valence-corrected chi connectivity index (χ0v) is 15.0. The number of carbonyl (C=O) groups is 2. The first-order chi connectivity index (χ1) is 12.3. The molecule has 2 aromatic heterocycles. The zero-order chi connectivity index (χ0) is 19.0. The van der Waals surface area contributed by atoms with E-state index < -0.39 is 43.1 Å². The highest BCUT2D eigenvalue weighted by molar-refractivity contribution is 6.28. The Balaban J connectivity index is 2.07. The van der Waals surface area contributed by atoms with Crippen LogP contribution in [0.2, 0.25) is 5.28 Å². The molecule has 0 aliphatic carbocycles. The molecule has 10 nitrogen and oxygen atoms in total. The van der Waals surface area contributed by atoms with Crippen LogP contribution in [0.5, 0.6) is 0 Å². The Hall–Kier alpha value is -2.30. The number of aromatic nitrogens is 4. The predicted octanol–water partition coefficient (Wildman–Crippen LogP) is 0.541. The lowest BCUT2D eigenvalue weighted by Gasteiger charge is -2.23. The summed E-state index contributed by atoms with van der Waals surface area (Å²) in [5.41, 5.74) is 1.43. The molecule has 2 aromatic rings. The molecule has 11 heteroatoms. The molecule has 0 radical (unpaired) electrons. The van der Waals surface area contributed by atoms with Gasteiger partial charge in [-0.25, -0.2) is 9.97 Å². The lowest BCUT2D eigenvalue weighted by atomic mass is 10.1. The molecule has 0 spiro atoms. The van der Waals surface area contributed by atoms with Gasteiger partial charge >= 0.3 is 11.9 Å². The summed E-state index contributed by atoms with van der Waals surface area (Å²) in [4.78, 5) is 35.4. The fourth-order valence-electron chi connectivity index (χ4n) is 2.94. The number of aliphatic hydroxyl groups excluding tert-OH is 1. The van der Waals surface area contributed by atoms with Gasteiger partial charge in [0.15, 0.2) is 24.1 Å². The largest absolute Gasteiger partial charge is 0.456 e. The second-order valence-corrected chi connectivity index (χ2v) is 6.14. The molecule has 1 N–H and O–H groups in total. The van der Waals surface area contributed by atoms with Crippen LogP contribution in [-0.4, -0.2) is 61.5 Å². The van der Waals surface area contributed by atoms with Crippen LogP contribution in [0, 0.1) is 6.92 Å². The summed E-state index contributed by atoms with van der Waals surface area (Å²) in [5, 5.41) is 9.61. The maximum Gasteiger partial charge on any atom is 0.303 e. The molecule has 1 aliphatic rings. The van der Waals surface area contributed by atoms with Crippen molar-refractivity contribution in [3.63, 3.8) is 0 Å². The van der Waals surface area contributed by atoms with Crippen molar-refractivity contribution >= 4 is 34.7 Å². The van der Waals surface area contributed by atoms with E-state index in [2.05, 4.69) is 15.0 Å². The van der Waals surface area contributed by atoms with Gasteiger partial charge in [-0.15, -0.1) is 0 Å². The lowest BCUT2D eigenvalue weighted by Crippen LogP contribution is -2.40. The summed E-state index contributed by atoms with van der Waals surface area (Å²) in [6.07, 6.45) is -2.35. The first-order valence-electron chi connectivity index (χ1n) is 7.79. The van der Waals surface area contributed by atoms with Crippen molar-refractivity contribution in [3.05, 3.63) is 17.3 Å². The van der Waals surface area contributed by atoms with Gasteiger partial charge in [0.05, 0.1) is 18.6 Å². The number of aryl methyl sites for hydroxylation is 1. The van der Waals surface area contributed by atoms with Gasteiger partial charge in [-0.2, -0.15) is 4.98 Å². The second kappa shape index (κ2) is 7.14. The van der Waals surface area contributed by atoms with E-state index in [9.17, 15) is 14.7 Å². The Kier molecular flexibility index (Phi) is 5.08. The third-order valence-electron chi connectivity index (χ3n) is 3.91. The van der Waals surface area contributed by atoms with Crippen molar-refractivity contribution in [2.45, 2.75) is 45.3 Å². The highest BCUT2D eigenvalue weighted by Crippen LogP contribution is 2.35. The predicted molar refractivity (Wildman–Crippen MR) is 87.2 cm³/mol. The molecule has 0 bridgehead atoms. The number of fused-ring (bicyclic) bond motifs is 1. The van der Waals surface area contributed by atoms with Gasteiger partial charge in [0.2, 0.25) is 5.28 Å². The van der Waals surface area contributed by atoms with Crippen molar-refractivity contribution in [1.29, 1.82) is 0 Å². The Morgan fingerprint density at radius 1 is 1.27 bits per heavy atom. The Morgan fingerprint density at radius 3 is 2.54 bits per heavy atom. The van der Waals surface area contributed by atoms with Gasteiger partial charge in [-0.3, -0.25) is 14.2 Å². The molecule has 3 heterocycles. The number of halogens is 1. The van der Waals surface area contributed by atoms with Crippen LogP contribution in [0.15, 0.2) is 6.33 Å². The number of nitrogens with zero attached hydrogens (tertiary/aromatic N) is 4. The van der Waals surface area contributed by atoms with E-state index in [-0.39, 0.29) is 5.28 Å². The van der Waals surface area contributed by atoms with Crippen LogP contribution < -0.4 is 0 Å². The maximum atomic E-state index is 11.6. The summed E-state index contributed by atoms with van der Waals surface area (Å²) in [5.74, 6) is -1.18. The van der Waals surface area contributed by atoms with E-state index in [0.29, 0.717) is 16.9 Å². The fraction of sp³-hybridized carbons (Fsp3) is 0.533. The van der Waals surface area contributed by atoms with Crippen LogP contribution in [0.25, 0.3) is 11.2 Å². The van der Waals surface area contributed by atoms with Crippen molar-refractivity contribution in [2.24, 2.45) is 0 Å². The average molecular weight is 385 g/mol. The second-order valence-electron chi connectivity index (χ2n) is 5.80. The minimum atomic E-state index is -1.00. The van der Waals surface area contributed by atoms with E-state index >= 15 is 0 Å². The number of carbonyl (C=O) groups excluding carboxylic acids is 2. The molecule has 1 saturated heterocycles. The number of ether oxygens (including phenoxy) is 3.